The first-order valence-electron chi connectivity index (χ1n) is 11.0. The summed E-state index contributed by atoms with van der Waals surface area (Å²) in [6.45, 7) is 4.35. The highest BCUT2D eigenvalue weighted by Crippen LogP contribution is 2.35. The van der Waals surface area contributed by atoms with Gasteiger partial charge in [0.05, 0.1) is 24.6 Å². The molecule has 0 bridgehead atoms. The van der Waals surface area contributed by atoms with Gasteiger partial charge in [0.15, 0.2) is 5.75 Å². The van der Waals surface area contributed by atoms with E-state index >= 15 is 0 Å². The highest BCUT2D eigenvalue weighted by molar-refractivity contribution is 7.98. The van der Waals surface area contributed by atoms with Gasteiger partial charge in [0, 0.05) is 31.1 Å². The fraction of sp³-hybridized carbons (Fsp3) is 0.565. The Balaban J connectivity index is 1.74. The van der Waals surface area contributed by atoms with Crippen molar-refractivity contribution in [3.63, 3.8) is 0 Å². The molecule has 0 saturated heterocycles. The van der Waals surface area contributed by atoms with Gasteiger partial charge in [0.25, 0.3) is 0 Å². The molecule has 32 heavy (non-hydrogen) atoms. The molecule has 0 amide bonds. The molecular formula is C23H31F3N4OS. The Bertz CT molecular complexity index is 842. The summed E-state index contributed by atoms with van der Waals surface area (Å²) >= 11 is 1.69. The molecule has 1 aliphatic rings. The third kappa shape index (κ3) is 6.92. The van der Waals surface area contributed by atoms with Crippen LogP contribution in [0.5, 0.6) is 5.75 Å². The minimum Gasteiger partial charge on any atom is -0.489 e. The molecule has 1 heterocycles. The maximum absolute atomic E-state index is 13.4. The van der Waals surface area contributed by atoms with Crippen LogP contribution in [0.15, 0.2) is 30.6 Å². The van der Waals surface area contributed by atoms with Crippen LogP contribution >= 0.6 is 11.8 Å². The summed E-state index contributed by atoms with van der Waals surface area (Å²) in [7, 11) is 0. The van der Waals surface area contributed by atoms with Crippen LogP contribution < -0.4 is 15.0 Å². The molecule has 0 atom stereocenters. The van der Waals surface area contributed by atoms with Crippen molar-refractivity contribution in [2.75, 3.05) is 41.9 Å². The van der Waals surface area contributed by atoms with Gasteiger partial charge >= 0.3 is 6.18 Å². The maximum Gasteiger partial charge on any atom is 0.416 e. The number of rotatable bonds is 11. The van der Waals surface area contributed by atoms with Gasteiger partial charge in [-0.2, -0.15) is 24.9 Å². The average molecular weight is 469 g/mol. The van der Waals surface area contributed by atoms with Gasteiger partial charge in [-0.1, -0.05) is 18.9 Å². The summed E-state index contributed by atoms with van der Waals surface area (Å²) in [5.74, 6) is 2.42. The zero-order valence-corrected chi connectivity index (χ0v) is 19.4. The van der Waals surface area contributed by atoms with Gasteiger partial charge in [0.2, 0.25) is 5.95 Å². The van der Waals surface area contributed by atoms with E-state index < -0.39 is 11.7 Å². The molecule has 0 spiro atoms. The van der Waals surface area contributed by atoms with Crippen LogP contribution in [-0.2, 0) is 12.7 Å². The molecule has 1 saturated carbocycles. The number of anilines is 2. The topological polar surface area (TPSA) is 50.3 Å². The lowest BCUT2D eigenvalue weighted by Gasteiger charge is -2.29. The van der Waals surface area contributed by atoms with Crippen molar-refractivity contribution in [2.24, 2.45) is 5.92 Å². The smallest absolute Gasteiger partial charge is 0.416 e. The van der Waals surface area contributed by atoms with Gasteiger partial charge in [-0.3, -0.25) is 0 Å². The summed E-state index contributed by atoms with van der Waals surface area (Å²) in [6.07, 6.45) is 5.52. The summed E-state index contributed by atoms with van der Waals surface area (Å²) < 4.78 is 45.8. The zero-order chi connectivity index (χ0) is 23.0. The molecule has 1 N–H and O–H groups in total. The molecule has 1 aromatic heterocycles. The Morgan fingerprint density at radius 3 is 2.53 bits per heavy atom. The summed E-state index contributed by atoms with van der Waals surface area (Å²) in [6, 6.07) is 3.98. The molecule has 1 fully saturated rings. The Labute approximate surface area is 192 Å². The number of aromatic nitrogens is 2. The number of ether oxygens (including phenoxy) is 1. The first-order valence-corrected chi connectivity index (χ1v) is 12.4. The van der Waals surface area contributed by atoms with E-state index in [1.807, 2.05) is 13.2 Å². The quantitative estimate of drug-likeness (QED) is 0.417. The number of halogens is 3. The zero-order valence-electron chi connectivity index (χ0n) is 18.6. The second-order valence-electron chi connectivity index (χ2n) is 7.97. The lowest BCUT2D eigenvalue weighted by molar-refractivity contribution is -0.137. The molecule has 1 aliphatic carbocycles. The molecule has 5 nitrogen and oxygen atoms in total. The van der Waals surface area contributed by atoms with Gasteiger partial charge in [-0.25, -0.2) is 9.97 Å². The molecule has 176 valence electrons. The van der Waals surface area contributed by atoms with E-state index in [0.29, 0.717) is 43.0 Å². The molecule has 9 heteroatoms. The van der Waals surface area contributed by atoms with E-state index in [4.69, 9.17) is 4.74 Å². The predicted molar refractivity (Wildman–Crippen MR) is 125 cm³/mol. The van der Waals surface area contributed by atoms with E-state index in [9.17, 15) is 13.2 Å². The number of hydrogen-bond acceptors (Lipinski definition) is 6. The van der Waals surface area contributed by atoms with Crippen LogP contribution in [0.3, 0.4) is 0 Å². The number of thioether (sulfide) groups is 1. The monoisotopic (exact) mass is 468 g/mol. The largest absolute Gasteiger partial charge is 0.489 e. The van der Waals surface area contributed by atoms with Crippen molar-refractivity contribution in [1.29, 1.82) is 0 Å². The standard InChI is InChI=1S/C23H31F3N4OS/c1-3-30(16-17-6-4-5-7-17)21-12-19(23(24,25)26)9-8-18(21)13-27-22-28-14-20(15-29-22)31-10-11-32-2/h8-9,12,14-15,17H,3-7,10-11,13,16H2,1-2H3,(H,27,28,29). The maximum atomic E-state index is 13.4. The van der Waals surface area contributed by atoms with Crippen LogP contribution in [0.2, 0.25) is 0 Å². The number of nitrogens with zero attached hydrogens (tertiary/aromatic N) is 3. The Kier molecular flexibility index (Phi) is 8.90. The first-order chi connectivity index (χ1) is 15.4. The Morgan fingerprint density at radius 1 is 1.19 bits per heavy atom. The van der Waals surface area contributed by atoms with Crippen molar-refractivity contribution in [3.8, 4) is 5.75 Å². The molecule has 3 rings (SSSR count). The van der Waals surface area contributed by atoms with Gasteiger partial charge in [-0.15, -0.1) is 0 Å². The number of hydrogen-bond donors (Lipinski definition) is 1. The second kappa shape index (κ2) is 11.6. The lowest BCUT2D eigenvalue weighted by atomic mass is 10.0. The lowest BCUT2D eigenvalue weighted by Crippen LogP contribution is -2.30. The van der Waals surface area contributed by atoms with Crippen molar-refractivity contribution >= 4 is 23.4 Å². The highest BCUT2D eigenvalue weighted by Gasteiger charge is 2.32. The van der Waals surface area contributed by atoms with Crippen molar-refractivity contribution < 1.29 is 17.9 Å². The number of benzene rings is 1. The minimum absolute atomic E-state index is 0.335. The van der Waals surface area contributed by atoms with Crippen molar-refractivity contribution in [3.05, 3.63) is 41.7 Å². The predicted octanol–water partition coefficient (Wildman–Crippen LogP) is 5.87. The third-order valence-corrected chi connectivity index (χ3v) is 6.28. The van der Waals surface area contributed by atoms with Crippen LogP contribution in [0, 0.1) is 5.92 Å². The second-order valence-corrected chi connectivity index (χ2v) is 8.95. The fourth-order valence-corrected chi connectivity index (χ4v) is 4.24. The highest BCUT2D eigenvalue weighted by atomic mass is 32.2. The molecule has 0 unspecified atom stereocenters. The van der Waals surface area contributed by atoms with Gasteiger partial charge in [-0.05, 0) is 49.6 Å². The summed E-state index contributed by atoms with van der Waals surface area (Å²) in [5.41, 5.74) is 0.796. The van der Waals surface area contributed by atoms with Crippen molar-refractivity contribution in [2.45, 2.75) is 45.3 Å². The SMILES string of the molecule is CCN(CC1CCCC1)c1cc(C(F)(F)F)ccc1CNc1ncc(OCCSC)cn1. The summed E-state index contributed by atoms with van der Waals surface area (Å²) in [4.78, 5) is 10.6. The first kappa shape index (κ1) is 24.5. The van der Waals surface area contributed by atoms with E-state index in [-0.39, 0.29) is 0 Å². The van der Waals surface area contributed by atoms with Crippen LogP contribution in [0.1, 0.15) is 43.7 Å². The molecule has 1 aromatic carbocycles. The molecular weight excluding hydrogens is 437 g/mol. The number of nitrogens with one attached hydrogen (secondary N) is 1. The Morgan fingerprint density at radius 2 is 1.91 bits per heavy atom. The normalized spacial score (nSPS) is 14.5. The van der Waals surface area contributed by atoms with E-state index in [1.54, 1.807) is 30.2 Å². The van der Waals surface area contributed by atoms with Gasteiger partial charge < -0.3 is 15.0 Å². The summed E-state index contributed by atoms with van der Waals surface area (Å²) in [5, 5.41) is 3.14. The molecule has 2 aromatic rings. The minimum atomic E-state index is -4.37. The van der Waals surface area contributed by atoms with Crippen molar-refractivity contribution in [1.82, 2.24) is 9.97 Å². The van der Waals surface area contributed by atoms with Crippen LogP contribution in [0.4, 0.5) is 24.8 Å². The molecule has 0 radical (unpaired) electrons. The van der Waals surface area contributed by atoms with Gasteiger partial charge in [0.1, 0.15) is 0 Å². The van der Waals surface area contributed by atoms with E-state index in [1.165, 1.54) is 18.9 Å². The van der Waals surface area contributed by atoms with Crippen LogP contribution in [-0.4, -0.2) is 41.7 Å². The van der Waals surface area contributed by atoms with E-state index in [0.717, 1.165) is 36.8 Å². The van der Waals surface area contributed by atoms with Crippen LogP contribution in [0.25, 0.3) is 0 Å². The third-order valence-electron chi connectivity index (χ3n) is 5.71. The average Bonchev–Trinajstić information content (AvgIpc) is 3.30. The Hall–Kier alpha value is -2.16. The fourth-order valence-electron chi connectivity index (χ4n) is 3.99. The molecule has 0 aliphatic heterocycles. The number of alkyl halides is 3. The van der Waals surface area contributed by atoms with E-state index in [2.05, 4.69) is 20.2 Å².